The first-order chi connectivity index (χ1) is 6.72. The molecule has 0 radical (unpaired) electrons. The summed E-state index contributed by atoms with van der Waals surface area (Å²) in [6, 6.07) is 6.75. The highest BCUT2D eigenvalue weighted by Crippen LogP contribution is 2.13. The molecule has 0 unspecified atom stereocenters. The van der Waals surface area contributed by atoms with E-state index in [-0.39, 0.29) is 12.6 Å². The number of aldehydes is 1. The van der Waals surface area contributed by atoms with E-state index in [1.807, 2.05) is 12.1 Å². The lowest BCUT2D eigenvalue weighted by Gasteiger charge is -2.04. The van der Waals surface area contributed by atoms with E-state index < -0.39 is 0 Å². The van der Waals surface area contributed by atoms with Gasteiger partial charge in [0.1, 0.15) is 6.29 Å². The highest BCUT2D eigenvalue weighted by Gasteiger charge is 1.99. The second kappa shape index (κ2) is 5.39. The molecule has 0 aliphatic heterocycles. The second-order valence-electron chi connectivity index (χ2n) is 2.51. The van der Waals surface area contributed by atoms with E-state index in [0.717, 1.165) is 4.47 Å². The molecular formula is C9H9BrN2O2. The molecule has 0 aromatic heterocycles. The largest absolute Gasteiger partial charge is 0.331 e. The number of urea groups is 1. The van der Waals surface area contributed by atoms with Crippen LogP contribution in [0.5, 0.6) is 0 Å². The van der Waals surface area contributed by atoms with Crippen LogP contribution in [0.15, 0.2) is 28.7 Å². The van der Waals surface area contributed by atoms with Crippen LogP contribution in [0.1, 0.15) is 0 Å². The molecule has 0 bridgehead atoms. The third-order valence-electron chi connectivity index (χ3n) is 1.45. The highest BCUT2D eigenvalue weighted by atomic mass is 79.9. The quantitative estimate of drug-likeness (QED) is 0.811. The predicted molar refractivity (Wildman–Crippen MR) is 57.2 cm³/mol. The van der Waals surface area contributed by atoms with Crippen LogP contribution in [-0.4, -0.2) is 18.9 Å². The molecule has 2 N–H and O–H groups in total. The van der Waals surface area contributed by atoms with Crippen molar-refractivity contribution >= 4 is 33.9 Å². The molecule has 74 valence electrons. The summed E-state index contributed by atoms with van der Waals surface area (Å²) in [6.45, 7) is 0.0162. The maximum Gasteiger partial charge on any atom is 0.319 e. The SMILES string of the molecule is O=CCNC(=O)Nc1ccc(Br)cc1. The number of anilines is 1. The van der Waals surface area contributed by atoms with Crippen LogP contribution < -0.4 is 10.6 Å². The van der Waals surface area contributed by atoms with Gasteiger partial charge < -0.3 is 15.4 Å². The van der Waals surface area contributed by atoms with Gasteiger partial charge in [0.2, 0.25) is 0 Å². The Bertz CT molecular complexity index is 324. The Kier molecular flexibility index (Phi) is 4.12. The van der Waals surface area contributed by atoms with Gasteiger partial charge in [-0.15, -0.1) is 0 Å². The van der Waals surface area contributed by atoms with Crippen molar-refractivity contribution in [3.8, 4) is 0 Å². The van der Waals surface area contributed by atoms with Crippen molar-refractivity contribution in [1.29, 1.82) is 0 Å². The molecule has 5 heteroatoms. The molecular weight excluding hydrogens is 248 g/mol. The Morgan fingerprint density at radius 3 is 2.57 bits per heavy atom. The monoisotopic (exact) mass is 256 g/mol. The maximum absolute atomic E-state index is 11.1. The fourth-order valence-corrected chi connectivity index (χ4v) is 1.11. The number of nitrogens with one attached hydrogen (secondary N) is 2. The molecule has 0 fully saturated rings. The number of carbonyl (C=O) groups is 2. The first kappa shape index (κ1) is 10.7. The Morgan fingerprint density at radius 1 is 1.36 bits per heavy atom. The number of rotatable bonds is 3. The van der Waals surface area contributed by atoms with Crippen molar-refractivity contribution in [1.82, 2.24) is 5.32 Å². The van der Waals surface area contributed by atoms with E-state index in [1.165, 1.54) is 0 Å². The first-order valence-electron chi connectivity index (χ1n) is 3.96. The molecule has 0 saturated heterocycles. The van der Waals surface area contributed by atoms with E-state index in [2.05, 4.69) is 26.6 Å². The summed E-state index contributed by atoms with van der Waals surface area (Å²) in [5, 5.41) is 4.94. The number of amides is 2. The summed E-state index contributed by atoms with van der Waals surface area (Å²) in [6.07, 6.45) is 0.626. The van der Waals surface area contributed by atoms with Gasteiger partial charge in [-0.1, -0.05) is 15.9 Å². The summed E-state index contributed by atoms with van der Waals surface area (Å²) in [5.74, 6) is 0. The fraction of sp³-hybridized carbons (Fsp3) is 0.111. The zero-order valence-corrected chi connectivity index (χ0v) is 8.87. The topological polar surface area (TPSA) is 58.2 Å². The Labute approximate surface area is 89.8 Å². The molecule has 1 aromatic carbocycles. The molecule has 0 aliphatic rings. The smallest absolute Gasteiger partial charge is 0.319 e. The first-order valence-corrected chi connectivity index (χ1v) is 4.75. The van der Waals surface area contributed by atoms with E-state index in [1.54, 1.807) is 12.1 Å². The van der Waals surface area contributed by atoms with Crippen molar-refractivity contribution in [2.24, 2.45) is 0 Å². The van der Waals surface area contributed by atoms with Crippen LogP contribution >= 0.6 is 15.9 Å². The summed E-state index contributed by atoms with van der Waals surface area (Å²) >= 11 is 3.28. The minimum atomic E-state index is -0.389. The van der Waals surface area contributed by atoms with Crippen molar-refractivity contribution in [3.05, 3.63) is 28.7 Å². The minimum absolute atomic E-state index is 0.0162. The molecule has 0 saturated carbocycles. The fourth-order valence-electron chi connectivity index (χ4n) is 0.843. The zero-order chi connectivity index (χ0) is 10.4. The van der Waals surface area contributed by atoms with Gasteiger partial charge in [-0.25, -0.2) is 4.79 Å². The van der Waals surface area contributed by atoms with Gasteiger partial charge in [0, 0.05) is 10.2 Å². The molecule has 1 rings (SSSR count). The second-order valence-corrected chi connectivity index (χ2v) is 3.42. The van der Waals surface area contributed by atoms with Crippen LogP contribution in [0.2, 0.25) is 0 Å². The zero-order valence-electron chi connectivity index (χ0n) is 7.29. The Hall–Kier alpha value is -1.36. The van der Waals surface area contributed by atoms with E-state index in [9.17, 15) is 9.59 Å². The van der Waals surface area contributed by atoms with Crippen LogP contribution in [0, 0.1) is 0 Å². The van der Waals surface area contributed by atoms with Gasteiger partial charge in [-0.2, -0.15) is 0 Å². The van der Waals surface area contributed by atoms with Crippen LogP contribution in [0.25, 0.3) is 0 Å². The molecule has 0 heterocycles. The van der Waals surface area contributed by atoms with Crippen molar-refractivity contribution < 1.29 is 9.59 Å². The van der Waals surface area contributed by atoms with Gasteiger partial charge in [0.15, 0.2) is 0 Å². The van der Waals surface area contributed by atoms with Gasteiger partial charge in [0.25, 0.3) is 0 Å². The van der Waals surface area contributed by atoms with Crippen LogP contribution in [0.3, 0.4) is 0 Å². The van der Waals surface area contributed by atoms with Crippen LogP contribution in [0.4, 0.5) is 10.5 Å². The number of halogens is 1. The molecule has 0 atom stereocenters. The van der Waals surface area contributed by atoms with E-state index in [0.29, 0.717) is 12.0 Å². The molecule has 4 nitrogen and oxygen atoms in total. The summed E-state index contributed by atoms with van der Waals surface area (Å²) in [7, 11) is 0. The number of carbonyl (C=O) groups excluding carboxylic acids is 2. The van der Waals surface area contributed by atoms with Crippen molar-refractivity contribution in [2.75, 3.05) is 11.9 Å². The average Bonchev–Trinajstić information content (AvgIpc) is 2.18. The third kappa shape index (κ3) is 3.57. The Balaban J connectivity index is 2.47. The van der Waals surface area contributed by atoms with Gasteiger partial charge in [-0.3, -0.25) is 0 Å². The molecule has 0 spiro atoms. The lowest BCUT2D eigenvalue weighted by molar-refractivity contribution is -0.107. The average molecular weight is 257 g/mol. The summed E-state index contributed by atoms with van der Waals surface area (Å²) < 4.78 is 0.941. The number of hydrogen-bond acceptors (Lipinski definition) is 2. The van der Waals surface area contributed by atoms with Crippen LogP contribution in [-0.2, 0) is 4.79 Å². The minimum Gasteiger partial charge on any atom is -0.331 e. The lowest BCUT2D eigenvalue weighted by atomic mass is 10.3. The summed E-state index contributed by atoms with van der Waals surface area (Å²) in [4.78, 5) is 21.0. The summed E-state index contributed by atoms with van der Waals surface area (Å²) in [5.41, 5.74) is 0.677. The molecule has 1 aromatic rings. The predicted octanol–water partition coefficient (Wildman–Crippen LogP) is 1.77. The van der Waals surface area contributed by atoms with Crippen molar-refractivity contribution in [2.45, 2.75) is 0 Å². The van der Waals surface area contributed by atoms with E-state index >= 15 is 0 Å². The Morgan fingerprint density at radius 2 is 2.00 bits per heavy atom. The van der Waals surface area contributed by atoms with E-state index in [4.69, 9.17) is 0 Å². The molecule has 0 aliphatic carbocycles. The normalized spacial score (nSPS) is 9.21. The van der Waals surface area contributed by atoms with Crippen molar-refractivity contribution in [3.63, 3.8) is 0 Å². The van der Waals surface area contributed by atoms with Gasteiger partial charge in [-0.05, 0) is 24.3 Å². The maximum atomic E-state index is 11.1. The standard InChI is InChI=1S/C9H9BrN2O2/c10-7-1-3-8(4-2-7)12-9(14)11-5-6-13/h1-4,6H,5H2,(H2,11,12,14). The molecule has 14 heavy (non-hydrogen) atoms. The molecule has 2 amide bonds. The number of hydrogen-bond donors (Lipinski definition) is 2. The van der Waals surface area contributed by atoms with Gasteiger partial charge >= 0.3 is 6.03 Å². The third-order valence-corrected chi connectivity index (χ3v) is 1.98. The number of benzene rings is 1. The highest BCUT2D eigenvalue weighted by molar-refractivity contribution is 9.10. The van der Waals surface area contributed by atoms with Gasteiger partial charge in [0.05, 0.1) is 6.54 Å². The lowest BCUT2D eigenvalue weighted by Crippen LogP contribution is -2.29.